The summed E-state index contributed by atoms with van der Waals surface area (Å²) in [5, 5.41) is 2.77. The fourth-order valence-electron chi connectivity index (χ4n) is 3.40. The summed E-state index contributed by atoms with van der Waals surface area (Å²) in [5.41, 5.74) is 3.20. The van der Waals surface area contributed by atoms with E-state index in [1.807, 2.05) is 55.5 Å². The largest absolute Gasteiger partial charge is 0.343 e. The summed E-state index contributed by atoms with van der Waals surface area (Å²) in [4.78, 5) is 25.9. The molecule has 4 rings (SSSR count). The van der Waals surface area contributed by atoms with E-state index in [1.54, 1.807) is 28.8 Å². The van der Waals surface area contributed by atoms with Crippen molar-refractivity contribution in [3.05, 3.63) is 102 Å². The highest BCUT2D eigenvalue weighted by Gasteiger charge is 2.25. The predicted octanol–water partition coefficient (Wildman–Crippen LogP) is 4.81. The third kappa shape index (κ3) is 3.67. The van der Waals surface area contributed by atoms with Crippen molar-refractivity contribution in [3.63, 3.8) is 0 Å². The van der Waals surface area contributed by atoms with Crippen LogP contribution in [-0.2, 0) is 4.79 Å². The van der Waals surface area contributed by atoms with Gasteiger partial charge in [0.25, 0.3) is 11.7 Å². The average Bonchev–Trinajstić information content (AvgIpc) is 3.13. The lowest BCUT2D eigenvalue weighted by Gasteiger charge is -2.14. The van der Waals surface area contributed by atoms with Crippen molar-refractivity contribution in [1.82, 2.24) is 9.72 Å². The SMILES string of the molecule is C[C@H](NC(=O)C(=O)c1c(-c2ccc(F)cc2)cc2ccccn12)c1ccccc1. The number of nitrogens with one attached hydrogen (secondary N) is 1. The Balaban J connectivity index is 1.72. The molecule has 0 fully saturated rings. The Morgan fingerprint density at radius 1 is 0.931 bits per heavy atom. The second kappa shape index (κ2) is 7.72. The molecule has 0 bridgehead atoms. The van der Waals surface area contributed by atoms with Crippen molar-refractivity contribution < 1.29 is 14.0 Å². The van der Waals surface area contributed by atoms with Crippen LogP contribution in [0.2, 0.25) is 0 Å². The number of ketones is 1. The van der Waals surface area contributed by atoms with Crippen molar-refractivity contribution in [2.24, 2.45) is 0 Å². The molecule has 1 amide bonds. The first kappa shape index (κ1) is 18.6. The summed E-state index contributed by atoms with van der Waals surface area (Å²) in [7, 11) is 0. The van der Waals surface area contributed by atoms with E-state index in [1.165, 1.54) is 12.1 Å². The molecule has 2 heterocycles. The molecule has 0 radical (unpaired) electrons. The maximum absolute atomic E-state index is 13.4. The molecule has 2 aromatic carbocycles. The van der Waals surface area contributed by atoms with Gasteiger partial charge in [-0.15, -0.1) is 0 Å². The maximum atomic E-state index is 13.4. The summed E-state index contributed by atoms with van der Waals surface area (Å²) in [5.74, 6) is -1.69. The van der Waals surface area contributed by atoms with Crippen LogP contribution in [0.1, 0.15) is 29.0 Å². The Labute approximate surface area is 167 Å². The van der Waals surface area contributed by atoms with E-state index in [4.69, 9.17) is 0 Å². The quantitative estimate of drug-likeness (QED) is 0.395. The number of aromatic nitrogens is 1. The minimum atomic E-state index is -0.687. The van der Waals surface area contributed by atoms with Crippen LogP contribution in [0.3, 0.4) is 0 Å². The Bertz CT molecular complexity index is 1180. The van der Waals surface area contributed by atoms with E-state index in [0.29, 0.717) is 11.1 Å². The van der Waals surface area contributed by atoms with Crippen molar-refractivity contribution >= 4 is 17.2 Å². The molecule has 0 aliphatic carbocycles. The van der Waals surface area contributed by atoms with Crippen molar-refractivity contribution in [3.8, 4) is 11.1 Å². The highest BCUT2D eigenvalue weighted by atomic mass is 19.1. The lowest BCUT2D eigenvalue weighted by Crippen LogP contribution is -2.34. The van der Waals surface area contributed by atoms with Crippen LogP contribution in [-0.4, -0.2) is 16.1 Å². The highest BCUT2D eigenvalue weighted by molar-refractivity contribution is 6.43. The minimum absolute atomic E-state index is 0.255. The molecule has 2 aromatic heterocycles. The number of benzene rings is 2. The lowest BCUT2D eigenvalue weighted by atomic mass is 10.0. The molecular weight excluding hydrogens is 367 g/mol. The zero-order valence-corrected chi connectivity index (χ0v) is 15.8. The summed E-state index contributed by atoms with van der Waals surface area (Å²) >= 11 is 0. The molecule has 0 unspecified atom stereocenters. The number of pyridine rings is 1. The monoisotopic (exact) mass is 386 g/mol. The van der Waals surface area contributed by atoms with E-state index in [9.17, 15) is 14.0 Å². The van der Waals surface area contributed by atoms with Gasteiger partial charge in [-0.2, -0.15) is 0 Å². The van der Waals surface area contributed by atoms with Gasteiger partial charge in [-0.25, -0.2) is 4.39 Å². The van der Waals surface area contributed by atoms with Gasteiger partial charge >= 0.3 is 0 Å². The second-order valence-corrected chi connectivity index (χ2v) is 6.84. The van der Waals surface area contributed by atoms with E-state index in [-0.39, 0.29) is 17.6 Å². The standard InChI is InChI=1S/C24H19FN2O2/c1-16(17-7-3-2-4-8-17)26-24(29)23(28)22-21(18-10-12-19(25)13-11-18)15-20-9-5-6-14-27(20)22/h2-16H,1H3,(H,26,29)/t16-/m0/s1. The first-order valence-corrected chi connectivity index (χ1v) is 9.31. The number of fused-ring (bicyclic) bond motifs is 1. The zero-order chi connectivity index (χ0) is 20.4. The number of amides is 1. The number of nitrogens with zero attached hydrogens (tertiary/aromatic N) is 1. The average molecular weight is 386 g/mol. The molecule has 0 saturated carbocycles. The van der Waals surface area contributed by atoms with Crippen molar-refractivity contribution in [1.29, 1.82) is 0 Å². The van der Waals surface area contributed by atoms with E-state index >= 15 is 0 Å². The van der Waals surface area contributed by atoms with Gasteiger partial charge in [-0.3, -0.25) is 9.59 Å². The van der Waals surface area contributed by atoms with Crippen molar-refractivity contribution in [2.75, 3.05) is 0 Å². The number of carbonyl (C=O) groups is 2. The molecule has 4 nitrogen and oxygen atoms in total. The molecule has 4 aromatic rings. The van der Waals surface area contributed by atoms with E-state index in [0.717, 1.165) is 11.1 Å². The van der Waals surface area contributed by atoms with Crippen LogP contribution < -0.4 is 5.32 Å². The van der Waals surface area contributed by atoms with Crippen LogP contribution in [0.5, 0.6) is 0 Å². The normalized spacial score (nSPS) is 11.9. The van der Waals surface area contributed by atoms with Crippen molar-refractivity contribution in [2.45, 2.75) is 13.0 Å². The number of hydrogen-bond donors (Lipinski definition) is 1. The third-order valence-corrected chi connectivity index (χ3v) is 4.90. The summed E-state index contributed by atoms with van der Waals surface area (Å²) in [6.45, 7) is 1.83. The van der Waals surface area contributed by atoms with Crippen LogP contribution >= 0.6 is 0 Å². The van der Waals surface area contributed by atoms with Gasteiger partial charge in [0.15, 0.2) is 0 Å². The molecule has 1 atom stereocenters. The molecule has 0 aliphatic rings. The van der Waals surface area contributed by atoms with Gasteiger partial charge in [0.05, 0.1) is 6.04 Å². The molecule has 144 valence electrons. The first-order valence-electron chi connectivity index (χ1n) is 9.31. The lowest BCUT2D eigenvalue weighted by molar-refractivity contribution is -0.117. The number of Topliss-reactive ketones (excluding diaryl/α,β-unsaturated/α-hetero) is 1. The smallest absolute Gasteiger partial charge is 0.294 e. The number of halogens is 1. The molecule has 0 saturated heterocycles. The number of rotatable bonds is 5. The van der Waals surface area contributed by atoms with Gasteiger partial charge in [-0.1, -0.05) is 48.5 Å². The zero-order valence-electron chi connectivity index (χ0n) is 15.8. The van der Waals surface area contributed by atoms with Crippen LogP contribution in [0.4, 0.5) is 4.39 Å². The number of hydrogen-bond acceptors (Lipinski definition) is 2. The van der Waals surface area contributed by atoms with Crippen LogP contribution in [0.15, 0.2) is 85.1 Å². The van der Waals surface area contributed by atoms with Gasteiger partial charge < -0.3 is 9.72 Å². The topological polar surface area (TPSA) is 50.6 Å². The maximum Gasteiger partial charge on any atom is 0.294 e. The second-order valence-electron chi connectivity index (χ2n) is 6.84. The van der Waals surface area contributed by atoms with Crippen LogP contribution in [0.25, 0.3) is 16.6 Å². The number of carbonyl (C=O) groups excluding carboxylic acids is 2. The Kier molecular flexibility index (Phi) is 4.96. The van der Waals surface area contributed by atoms with Gasteiger partial charge in [0.1, 0.15) is 11.5 Å². The van der Waals surface area contributed by atoms with E-state index < -0.39 is 11.7 Å². The fraction of sp³-hybridized carbons (Fsp3) is 0.0833. The minimum Gasteiger partial charge on any atom is -0.343 e. The fourth-order valence-corrected chi connectivity index (χ4v) is 3.40. The molecular formula is C24H19FN2O2. The van der Waals surface area contributed by atoms with Gasteiger partial charge in [0, 0.05) is 17.3 Å². The predicted molar refractivity (Wildman–Crippen MR) is 110 cm³/mol. The Morgan fingerprint density at radius 2 is 1.62 bits per heavy atom. The third-order valence-electron chi connectivity index (χ3n) is 4.90. The van der Waals surface area contributed by atoms with E-state index in [2.05, 4.69) is 5.32 Å². The first-order chi connectivity index (χ1) is 14.0. The molecule has 5 heteroatoms. The highest BCUT2D eigenvalue weighted by Crippen LogP contribution is 2.28. The molecule has 1 N–H and O–H groups in total. The van der Waals surface area contributed by atoms with Crippen LogP contribution in [0, 0.1) is 5.82 Å². The summed E-state index contributed by atoms with van der Waals surface area (Å²) in [6.07, 6.45) is 1.74. The summed E-state index contributed by atoms with van der Waals surface area (Å²) < 4.78 is 15.1. The molecule has 29 heavy (non-hydrogen) atoms. The Morgan fingerprint density at radius 3 is 2.34 bits per heavy atom. The molecule has 0 aliphatic heterocycles. The molecule has 0 spiro atoms. The Hall–Kier alpha value is -3.73. The van der Waals surface area contributed by atoms with Gasteiger partial charge in [-0.05, 0) is 48.4 Å². The van der Waals surface area contributed by atoms with Gasteiger partial charge in [0.2, 0.25) is 0 Å². The summed E-state index contributed by atoms with van der Waals surface area (Å²) in [6, 6.07) is 22.3.